The van der Waals surface area contributed by atoms with Crippen molar-refractivity contribution < 1.29 is 23.0 Å². The first kappa shape index (κ1) is 20.8. The van der Waals surface area contributed by atoms with Crippen molar-refractivity contribution in [3.05, 3.63) is 29.6 Å². The van der Waals surface area contributed by atoms with E-state index in [0.29, 0.717) is 11.4 Å². The van der Waals surface area contributed by atoms with Crippen molar-refractivity contribution in [2.24, 2.45) is 0 Å². The van der Waals surface area contributed by atoms with Gasteiger partial charge in [-0.1, -0.05) is 5.21 Å². The van der Waals surface area contributed by atoms with Gasteiger partial charge in [-0.2, -0.15) is 4.09 Å². The van der Waals surface area contributed by atoms with Gasteiger partial charge in [-0.3, -0.25) is 0 Å². The standard InChI is InChI=1S/C10H6I3N3O5S3/c11-22-16-3-5(14-15-16)4-19-7-1-6(20-23-12)2-8(21-24-13)9(7)10(17)18/h1-3H,4H2,(H,17,18). The second-order valence-corrected chi connectivity index (χ2v) is 8.30. The Labute approximate surface area is 185 Å². The minimum absolute atomic E-state index is 0.0646. The molecule has 0 aliphatic carbocycles. The third-order valence-corrected chi connectivity index (χ3v) is 5.58. The average Bonchev–Trinajstić information content (AvgIpc) is 3.01. The molecule has 24 heavy (non-hydrogen) atoms. The van der Waals surface area contributed by atoms with Crippen LogP contribution in [0.2, 0.25) is 0 Å². The van der Waals surface area contributed by atoms with Gasteiger partial charge in [-0.15, -0.1) is 5.10 Å². The quantitative estimate of drug-likeness (QED) is 0.276. The average molecular weight is 725 g/mol. The molecule has 0 saturated carbocycles. The van der Waals surface area contributed by atoms with Gasteiger partial charge < -0.3 is 18.2 Å². The van der Waals surface area contributed by atoms with Gasteiger partial charge in [-0.25, -0.2) is 4.79 Å². The molecule has 1 aromatic heterocycles. The molecule has 14 heteroatoms. The van der Waals surface area contributed by atoms with E-state index in [2.05, 4.69) is 31.5 Å². The monoisotopic (exact) mass is 725 g/mol. The highest BCUT2D eigenvalue weighted by Crippen LogP contribution is 2.38. The van der Waals surface area contributed by atoms with Crippen LogP contribution >= 0.6 is 91.2 Å². The van der Waals surface area contributed by atoms with Crippen LogP contribution in [0, 0.1) is 0 Å². The smallest absolute Gasteiger partial charge is 0.343 e. The number of hydrogen-bond acceptors (Lipinski definition) is 9. The van der Waals surface area contributed by atoms with Gasteiger partial charge in [0.2, 0.25) is 0 Å². The number of benzene rings is 1. The maximum absolute atomic E-state index is 11.6. The van der Waals surface area contributed by atoms with Crippen LogP contribution in [0.3, 0.4) is 0 Å². The van der Waals surface area contributed by atoms with Crippen LogP contribution in [-0.4, -0.2) is 25.5 Å². The molecule has 0 amide bonds. The summed E-state index contributed by atoms with van der Waals surface area (Å²) in [5.41, 5.74) is 0.483. The van der Waals surface area contributed by atoms with Gasteiger partial charge in [0.25, 0.3) is 0 Å². The number of nitrogens with zero attached hydrogens (tertiary/aromatic N) is 3. The fourth-order valence-corrected chi connectivity index (χ4v) is 3.98. The molecule has 0 atom stereocenters. The Hall–Kier alpha value is 0.470. The van der Waals surface area contributed by atoms with Crippen molar-refractivity contribution in [3.63, 3.8) is 0 Å². The van der Waals surface area contributed by atoms with E-state index in [9.17, 15) is 9.90 Å². The Bertz CT molecular complexity index is 720. The van der Waals surface area contributed by atoms with Crippen LogP contribution in [0.4, 0.5) is 0 Å². The second-order valence-electron chi connectivity index (χ2n) is 3.86. The first-order chi connectivity index (χ1) is 11.6. The van der Waals surface area contributed by atoms with Crippen LogP contribution in [0.15, 0.2) is 18.3 Å². The summed E-state index contributed by atoms with van der Waals surface area (Å²) in [6.07, 6.45) is 1.69. The molecule has 0 radical (unpaired) electrons. The zero-order chi connectivity index (χ0) is 17.5. The topological polar surface area (TPSA) is 95.7 Å². The lowest BCUT2D eigenvalue weighted by atomic mass is 10.1. The zero-order valence-electron chi connectivity index (χ0n) is 11.2. The van der Waals surface area contributed by atoms with Crippen LogP contribution in [0.1, 0.15) is 16.1 Å². The predicted octanol–water partition coefficient (Wildman–Crippen LogP) is 5.16. The molecular formula is C10H6I3N3O5S3. The summed E-state index contributed by atoms with van der Waals surface area (Å²) >= 11 is 5.93. The maximum Gasteiger partial charge on any atom is 0.343 e. The van der Waals surface area contributed by atoms with Crippen molar-refractivity contribution in [2.75, 3.05) is 0 Å². The number of aromatic carboxylic acids is 1. The van der Waals surface area contributed by atoms with Crippen molar-refractivity contribution in [1.29, 1.82) is 0 Å². The molecule has 0 bridgehead atoms. The van der Waals surface area contributed by atoms with Crippen LogP contribution in [0.5, 0.6) is 17.2 Å². The van der Waals surface area contributed by atoms with Gasteiger partial charge >= 0.3 is 5.97 Å². The zero-order valence-corrected chi connectivity index (χ0v) is 20.1. The molecular weight excluding hydrogens is 719 g/mol. The maximum atomic E-state index is 11.6. The normalized spacial score (nSPS) is 10.5. The van der Waals surface area contributed by atoms with Crippen molar-refractivity contribution in [3.8, 4) is 17.2 Å². The Kier molecular flexibility index (Phi) is 9.16. The second kappa shape index (κ2) is 10.6. The summed E-state index contributed by atoms with van der Waals surface area (Å²) in [4.78, 5) is 11.6. The molecule has 0 unspecified atom stereocenters. The highest BCUT2D eigenvalue weighted by atomic mass is 127. The fourth-order valence-electron chi connectivity index (χ4n) is 1.61. The van der Waals surface area contributed by atoms with Crippen molar-refractivity contribution in [1.82, 2.24) is 14.4 Å². The minimum atomic E-state index is -1.16. The Morgan fingerprint density at radius 3 is 2.50 bits per heavy atom. The van der Waals surface area contributed by atoms with E-state index in [1.54, 1.807) is 10.3 Å². The summed E-state index contributed by atoms with van der Waals surface area (Å²) in [5, 5.41) is 17.3. The first-order valence-corrected chi connectivity index (χ1v) is 15.6. The molecule has 1 aromatic carbocycles. The number of halogens is 3. The van der Waals surface area contributed by atoms with E-state index in [0.717, 1.165) is 18.4 Å². The molecule has 130 valence electrons. The van der Waals surface area contributed by atoms with E-state index >= 15 is 0 Å². The Morgan fingerprint density at radius 1 is 1.21 bits per heavy atom. The number of carboxylic acid groups (broad SMARTS) is 1. The lowest BCUT2D eigenvalue weighted by molar-refractivity contribution is 0.0690. The molecule has 0 aliphatic heterocycles. The molecule has 2 aromatic rings. The molecule has 2 rings (SSSR count). The van der Waals surface area contributed by atoms with Gasteiger partial charge in [-0.05, 0) is 0 Å². The minimum Gasteiger partial charge on any atom is -0.486 e. The van der Waals surface area contributed by atoms with Gasteiger partial charge in [0.1, 0.15) is 47.8 Å². The van der Waals surface area contributed by atoms with E-state index in [1.165, 1.54) is 21.3 Å². The largest absolute Gasteiger partial charge is 0.486 e. The summed E-state index contributed by atoms with van der Waals surface area (Å²) in [6.45, 7) is 0.0646. The van der Waals surface area contributed by atoms with Crippen LogP contribution in [-0.2, 0) is 6.61 Å². The van der Waals surface area contributed by atoms with E-state index in [1.807, 2.05) is 42.4 Å². The third-order valence-electron chi connectivity index (χ3n) is 2.47. The molecule has 8 nitrogen and oxygen atoms in total. The Balaban J connectivity index is 2.31. The lowest BCUT2D eigenvalue weighted by Crippen LogP contribution is -2.06. The lowest BCUT2D eigenvalue weighted by Gasteiger charge is -2.13. The Morgan fingerprint density at radius 2 is 1.92 bits per heavy atom. The van der Waals surface area contributed by atoms with E-state index in [4.69, 9.17) is 13.1 Å². The fraction of sp³-hybridized carbons (Fsp3) is 0.100. The molecule has 1 N–H and O–H groups in total. The van der Waals surface area contributed by atoms with Gasteiger partial charge in [0, 0.05) is 84.9 Å². The number of carboxylic acids is 1. The van der Waals surface area contributed by atoms with Crippen LogP contribution in [0.25, 0.3) is 0 Å². The number of ether oxygens (including phenoxy) is 1. The highest BCUT2D eigenvalue weighted by molar-refractivity contribution is 14.2. The molecule has 0 saturated heterocycles. The van der Waals surface area contributed by atoms with Gasteiger partial charge in [0.15, 0.2) is 5.75 Å². The van der Waals surface area contributed by atoms with Crippen LogP contribution < -0.4 is 13.1 Å². The SMILES string of the molecule is O=C(O)c1c(OCc2cn(SI)nn2)cc(OSI)cc1OSI. The molecule has 0 fully saturated rings. The number of carbonyl (C=O) groups is 1. The summed E-state index contributed by atoms with van der Waals surface area (Å²) in [7, 11) is 3.45. The van der Waals surface area contributed by atoms with Gasteiger partial charge in [0.05, 0.1) is 6.20 Å². The third kappa shape index (κ3) is 5.74. The van der Waals surface area contributed by atoms with Crippen molar-refractivity contribution >= 4 is 97.1 Å². The molecule has 1 heterocycles. The molecule has 0 aliphatic rings. The summed E-state index contributed by atoms with van der Waals surface area (Å²) in [6, 6.07) is 2.99. The predicted molar refractivity (Wildman–Crippen MR) is 119 cm³/mol. The number of hydrogen-bond donors (Lipinski definition) is 1. The summed E-state index contributed by atoms with van der Waals surface area (Å²) < 4.78 is 17.8. The molecule has 0 spiro atoms. The van der Waals surface area contributed by atoms with Crippen molar-refractivity contribution in [2.45, 2.75) is 6.61 Å². The van der Waals surface area contributed by atoms with E-state index in [-0.39, 0.29) is 23.7 Å². The van der Waals surface area contributed by atoms with E-state index < -0.39 is 5.97 Å². The number of aromatic nitrogens is 3. The highest BCUT2D eigenvalue weighted by Gasteiger charge is 2.22. The summed E-state index contributed by atoms with van der Waals surface area (Å²) in [5.74, 6) is -0.471. The first-order valence-electron chi connectivity index (χ1n) is 5.74. The number of rotatable bonds is 9.